The van der Waals surface area contributed by atoms with Crippen LogP contribution in [0.25, 0.3) is 0 Å². The first-order valence-electron chi connectivity index (χ1n) is 10.0. The second-order valence-electron chi connectivity index (χ2n) is 7.20. The van der Waals surface area contributed by atoms with Gasteiger partial charge in [0.15, 0.2) is 11.5 Å². The van der Waals surface area contributed by atoms with Gasteiger partial charge in [0.2, 0.25) is 5.88 Å². The van der Waals surface area contributed by atoms with Gasteiger partial charge < -0.3 is 25.1 Å². The first kappa shape index (κ1) is 21.1. The van der Waals surface area contributed by atoms with Gasteiger partial charge in [-0.25, -0.2) is 4.39 Å². The molecule has 3 N–H and O–H groups in total. The van der Waals surface area contributed by atoms with E-state index in [1.54, 1.807) is 30.3 Å². The Morgan fingerprint density at radius 2 is 1.94 bits per heavy atom. The molecule has 3 aromatic rings. The molecule has 32 heavy (non-hydrogen) atoms. The first-order valence-corrected chi connectivity index (χ1v) is 10.0. The average molecular weight is 432 g/mol. The summed E-state index contributed by atoms with van der Waals surface area (Å²) in [5.74, 6) is 0.560. The van der Waals surface area contributed by atoms with Crippen LogP contribution in [0.3, 0.4) is 0 Å². The number of benzene rings is 3. The zero-order valence-corrected chi connectivity index (χ0v) is 17.3. The lowest BCUT2D eigenvalue weighted by Crippen LogP contribution is -2.21. The van der Waals surface area contributed by atoms with Crippen molar-refractivity contribution in [1.82, 2.24) is 0 Å². The zero-order chi connectivity index (χ0) is 22.7. The monoisotopic (exact) mass is 432 g/mol. The highest BCUT2D eigenvalue weighted by molar-refractivity contribution is 5.58. The number of phenols is 1. The molecule has 0 saturated heterocycles. The van der Waals surface area contributed by atoms with E-state index in [9.17, 15) is 14.8 Å². The predicted molar refractivity (Wildman–Crippen MR) is 116 cm³/mol. The van der Waals surface area contributed by atoms with Gasteiger partial charge in [-0.3, -0.25) is 0 Å². The summed E-state index contributed by atoms with van der Waals surface area (Å²) in [6, 6.07) is 18.4. The van der Waals surface area contributed by atoms with Crippen LogP contribution in [0.2, 0.25) is 0 Å². The van der Waals surface area contributed by atoms with Crippen molar-refractivity contribution >= 4 is 0 Å². The van der Waals surface area contributed by atoms with E-state index in [1.165, 1.54) is 24.3 Å². The van der Waals surface area contributed by atoms with Crippen molar-refractivity contribution in [3.8, 4) is 29.1 Å². The van der Waals surface area contributed by atoms with Crippen LogP contribution in [0, 0.1) is 17.1 Å². The first-order chi connectivity index (χ1) is 15.5. The summed E-state index contributed by atoms with van der Waals surface area (Å²) >= 11 is 0. The van der Waals surface area contributed by atoms with Crippen LogP contribution >= 0.6 is 0 Å². The highest BCUT2D eigenvalue weighted by Gasteiger charge is 2.31. The highest BCUT2D eigenvalue weighted by atomic mass is 19.1. The summed E-state index contributed by atoms with van der Waals surface area (Å²) in [7, 11) is 0. The Morgan fingerprint density at radius 1 is 1.09 bits per heavy atom. The Morgan fingerprint density at radius 3 is 2.69 bits per heavy atom. The summed E-state index contributed by atoms with van der Waals surface area (Å²) < 4.78 is 30.7. The lowest BCUT2D eigenvalue weighted by molar-refractivity contribution is 0.268. The lowest BCUT2D eigenvalue weighted by atomic mass is 9.83. The van der Waals surface area contributed by atoms with Crippen LogP contribution in [-0.2, 0) is 6.61 Å². The van der Waals surface area contributed by atoms with Crippen molar-refractivity contribution in [3.63, 3.8) is 0 Å². The van der Waals surface area contributed by atoms with Gasteiger partial charge in [-0.1, -0.05) is 24.3 Å². The predicted octanol–water partition coefficient (Wildman–Crippen LogP) is 4.73. The van der Waals surface area contributed by atoms with E-state index in [2.05, 4.69) is 6.07 Å². The van der Waals surface area contributed by atoms with Crippen molar-refractivity contribution in [1.29, 1.82) is 5.26 Å². The minimum atomic E-state index is -0.499. The Labute approximate surface area is 184 Å². The standard InChI is InChI=1S/C25H21FN2O4/c1-2-30-23-11-16(6-9-21(23)31-14-15-4-3-5-17(26)10-15)24-19-8-7-18(29)12-22(19)32-25(28)20(24)13-27/h3-12,24,29H,2,14,28H2,1H3/t24-/m1/s1. The molecule has 0 aromatic heterocycles. The topological polar surface area (TPSA) is 97.7 Å². The molecular formula is C25H21FN2O4. The van der Waals surface area contributed by atoms with E-state index in [0.717, 1.165) is 5.56 Å². The van der Waals surface area contributed by atoms with Crippen LogP contribution in [0.15, 0.2) is 72.1 Å². The Kier molecular flexibility index (Phi) is 5.86. The Bertz CT molecular complexity index is 1230. The summed E-state index contributed by atoms with van der Waals surface area (Å²) in [6.45, 7) is 2.43. The summed E-state index contributed by atoms with van der Waals surface area (Å²) in [6.07, 6.45) is 0. The number of hydrogen-bond donors (Lipinski definition) is 2. The number of halogens is 1. The summed E-state index contributed by atoms with van der Waals surface area (Å²) in [5, 5.41) is 19.5. The normalized spacial score (nSPS) is 14.8. The number of nitriles is 1. The maximum absolute atomic E-state index is 13.5. The largest absolute Gasteiger partial charge is 0.508 e. The van der Waals surface area contributed by atoms with Gasteiger partial charge in [0, 0.05) is 11.6 Å². The molecule has 0 fully saturated rings. The molecule has 1 aliphatic heterocycles. The molecule has 4 rings (SSSR count). The maximum Gasteiger partial charge on any atom is 0.205 e. The molecule has 0 saturated carbocycles. The molecule has 0 bridgehead atoms. The van der Waals surface area contributed by atoms with Gasteiger partial charge in [-0.2, -0.15) is 5.26 Å². The molecule has 0 spiro atoms. The smallest absolute Gasteiger partial charge is 0.205 e. The van der Waals surface area contributed by atoms with Crippen molar-refractivity contribution in [3.05, 3.63) is 94.6 Å². The number of rotatable bonds is 6. The quantitative estimate of drug-likeness (QED) is 0.585. The van der Waals surface area contributed by atoms with Gasteiger partial charge in [-0.15, -0.1) is 0 Å². The molecule has 1 atom stereocenters. The molecule has 7 heteroatoms. The Hall–Kier alpha value is -4.18. The van der Waals surface area contributed by atoms with E-state index in [-0.39, 0.29) is 29.6 Å². The molecule has 0 aliphatic carbocycles. The van der Waals surface area contributed by atoms with Gasteiger partial charge in [0.1, 0.15) is 35.6 Å². The van der Waals surface area contributed by atoms with Crippen molar-refractivity contribution in [2.24, 2.45) is 5.73 Å². The molecule has 1 heterocycles. The van der Waals surface area contributed by atoms with Gasteiger partial charge in [-0.05, 0) is 48.4 Å². The number of allylic oxidation sites excluding steroid dienone is 1. The van der Waals surface area contributed by atoms with E-state index in [0.29, 0.717) is 35.0 Å². The third kappa shape index (κ3) is 4.16. The van der Waals surface area contributed by atoms with Crippen molar-refractivity contribution in [2.45, 2.75) is 19.4 Å². The third-order valence-electron chi connectivity index (χ3n) is 5.09. The van der Waals surface area contributed by atoms with Crippen LogP contribution in [0.5, 0.6) is 23.0 Å². The average Bonchev–Trinajstić information content (AvgIpc) is 2.77. The van der Waals surface area contributed by atoms with E-state index < -0.39 is 5.92 Å². The highest BCUT2D eigenvalue weighted by Crippen LogP contribution is 2.45. The number of aromatic hydroxyl groups is 1. The van der Waals surface area contributed by atoms with Crippen LogP contribution < -0.4 is 19.9 Å². The van der Waals surface area contributed by atoms with Crippen molar-refractivity contribution in [2.75, 3.05) is 6.61 Å². The van der Waals surface area contributed by atoms with Gasteiger partial charge >= 0.3 is 0 Å². The van der Waals surface area contributed by atoms with Crippen molar-refractivity contribution < 1.29 is 23.7 Å². The molecule has 162 valence electrons. The zero-order valence-electron chi connectivity index (χ0n) is 17.3. The maximum atomic E-state index is 13.5. The number of phenolic OH excluding ortho intramolecular Hbond substituents is 1. The lowest BCUT2D eigenvalue weighted by Gasteiger charge is -2.27. The minimum absolute atomic E-state index is 0.0139. The third-order valence-corrected chi connectivity index (χ3v) is 5.09. The molecule has 6 nitrogen and oxygen atoms in total. The molecular weight excluding hydrogens is 411 g/mol. The summed E-state index contributed by atoms with van der Waals surface area (Å²) in [4.78, 5) is 0. The number of fused-ring (bicyclic) bond motifs is 1. The molecule has 0 unspecified atom stereocenters. The fourth-order valence-corrected chi connectivity index (χ4v) is 3.67. The number of nitrogens with zero attached hydrogens (tertiary/aromatic N) is 1. The van der Waals surface area contributed by atoms with E-state index >= 15 is 0 Å². The van der Waals surface area contributed by atoms with Crippen LogP contribution in [-0.4, -0.2) is 11.7 Å². The second-order valence-corrected chi connectivity index (χ2v) is 7.20. The minimum Gasteiger partial charge on any atom is -0.508 e. The molecule has 3 aromatic carbocycles. The number of hydrogen-bond acceptors (Lipinski definition) is 6. The molecule has 0 radical (unpaired) electrons. The summed E-state index contributed by atoms with van der Waals surface area (Å²) in [5.41, 5.74) is 8.40. The number of nitrogens with two attached hydrogens (primary N) is 1. The van der Waals surface area contributed by atoms with Gasteiger partial charge in [0.25, 0.3) is 0 Å². The number of ether oxygens (including phenoxy) is 3. The SMILES string of the molecule is CCOc1cc([C@H]2C(C#N)=C(N)Oc3cc(O)ccc32)ccc1OCc1cccc(F)c1. The van der Waals surface area contributed by atoms with Crippen LogP contribution in [0.4, 0.5) is 4.39 Å². The van der Waals surface area contributed by atoms with Gasteiger partial charge in [0.05, 0.1) is 12.5 Å². The fraction of sp³-hybridized carbons (Fsp3) is 0.160. The Balaban J connectivity index is 1.71. The van der Waals surface area contributed by atoms with E-state index in [1.807, 2.05) is 13.0 Å². The molecule has 0 amide bonds. The van der Waals surface area contributed by atoms with Crippen LogP contribution in [0.1, 0.15) is 29.5 Å². The molecule has 1 aliphatic rings. The fourth-order valence-electron chi connectivity index (χ4n) is 3.67. The second kappa shape index (κ2) is 8.90. The van der Waals surface area contributed by atoms with E-state index in [4.69, 9.17) is 19.9 Å².